The van der Waals surface area contributed by atoms with Crippen LogP contribution in [0.2, 0.25) is 0 Å². The van der Waals surface area contributed by atoms with Crippen molar-refractivity contribution in [2.75, 3.05) is 44.2 Å². The molecule has 4 rings (SSSR count). The van der Waals surface area contributed by atoms with Gasteiger partial charge in [-0.25, -0.2) is 0 Å². The van der Waals surface area contributed by atoms with Gasteiger partial charge in [-0.05, 0) is 24.4 Å². The Morgan fingerprint density at radius 3 is 2.54 bits per heavy atom. The van der Waals surface area contributed by atoms with Crippen molar-refractivity contribution < 1.29 is 14.5 Å². The second-order valence-electron chi connectivity index (χ2n) is 6.56. The number of anilines is 1. The molecular weight excluding hydrogens is 302 g/mol. The highest BCUT2D eigenvalue weighted by molar-refractivity contribution is 6.26. The summed E-state index contributed by atoms with van der Waals surface area (Å²) in [6.07, 6.45) is 0. The molecule has 2 aliphatic rings. The van der Waals surface area contributed by atoms with Crippen LogP contribution < -0.4 is 9.80 Å². The summed E-state index contributed by atoms with van der Waals surface area (Å²) in [6.45, 7) is 6.95. The van der Waals surface area contributed by atoms with Crippen LogP contribution in [0, 0.1) is 0 Å². The normalized spacial score (nSPS) is 17.8. The maximum absolute atomic E-state index is 12.7. The van der Waals surface area contributed by atoms with Gasteiger partial charge in [0.05, 0.1) is 38.4 Å². The summed E-state index contributed by atoms with van der Waals surface area (Å²) in [4.78, 5) is 30.5. The van der Waals surface area contributed by atoms with Gasteiger partial charge < -0.3 is 9.80 Å². The summed E-state index contributed by atoms with van der Waals surface area (Å²) in [5.74, 6) is -0.0173. The Bertz CT molecular complexity index is 804. The molecule has 5 heteroatoms. The lowest BCUT2D eigenvalue weighted by Gasteiger charge is -2.32. The van der Waals surface area contributed by atoms with Gasteiger partial charge in [0, 0.05) is 10.9 Å². The molecular formula is C19H22N3O2+. The van der Waals surface area contributed by atoms with Crippen molar-refractivity contribution in [2.24, 2.45) is 0 Å². The molecule has 0 bridgehead atoms. The minimum Gasteiger partial charge on any atom is -0.332 e. The van der Waals surface area contributed by atoms with Crippen molar-refractivity contribution in [1.82, 2.24) is 4.90 Å². The molecule has 0 aromatic heterocycles. The molecule has 0 aliphatic carbocycles. The summed E-state index contributed by atoms with van der Waals surface area (Å²) in [7, 11) is 0. The maximum atomic E-state index is 12.7. The van der Waals surface area contributed by atoms with E-state index in [1.54, 1.807) is 4.90 Å². The predicted octanol–water partition coefficient (Wildman–Crippen LogP) is 0.547. The number of hydrogen-bond donors (Lipinski definition) is 1. The van der Waals surface area contributed by atoms with Crippen LogP contribution in [0.1, 0.15) is 17.3 Å². The average Bonchev–Trinajstić information content (AvgIpc) is 2.90. The monoisotopic (exact) mass is 324 g/mol. The Labute approximate surface area is 141 Å². The number of quaternary nitrogens is 1. The molecule has 0 unspecified atom stereocenters. The molecule has 124 valence electrons. The molecule has 2 aromatic carbocycles. The number of piperazine rings is 1. The van der Waals surface area contributed by atoms with Crippen molar-refractivity contribution in [3.05, 3.63) is 42.0 Å². The number of carbonyl (C=O) groups excluding carboxylic acids is 2. The van der Waals surface area contributed by atoms with Gasteiger partial charge in [-0.1, -0.05) is 24.3 Å². The van der Waals surface area contributed by atoms with Crippen LogP contribution in [0.3, 0.4) is 0 Å². The lowest BCUT2D eigenvalue weighted by atomic mass is 10.1. The summed E-state index contributed by atoms with van der Waals surface area (Å²) < 4.78 is 0. The van der Waals surface area contributed by atoms with E-state index in [4.69, 9.17) is 0 Å². The van der Waals surface area contributed by atoms with Gasteiger partial charge in [0.1, 0.15) is 6.54 Å². The lowest BCUT2D eigenvalue weighted by Crippen LogP contribution is -3.14. The van der Waals surface area contributed by atoms with Crippen molar-refractivity contribution in [1.29, 1.82) is 0 Å². The van der Waals surface area contributed by atoms with E-state index in [0.717, 1.165) is 49.2 Å². The molecule has 2 aliphatic heterocycles. The molecule has 0 radical (unpaired) electrons. The second-order valence-corrected chi connectivity index (χ2v) is 6.56. The van der Waals surface area contributed by atoms with E-state index in [0.29, 0.717) is 5.56 Å². The summed E-state index contributed by atoms with van der Waals surface area (Å²) >= 11 is 0. The smallest absolute Gasteiger partial charge is 0.259 e. The second kappa shape index (κ2) is 5.91. The fourth-order valence-corrected chi connectivity index (χ4v) is 3.80. The molecule has 1 saturated heterocycles. The van der Waals surface area contributed by atoms with E-state index in [-0.39, 0.29) is 18.4 Å². The van der Waals surface area contributed by atoms with Crippen LogP contribution in [0.15, 0.2) is 36.4 Å². The number of carbonyl (C=O) groups is 2. The van der Waals surface area contributed by atoms with Gasteiger partial charge in [-0.3, -0.25) is 14.5 Å². The number of amides is 2. The van der Waals surface area contributed by atoms with Gasteiger partial charge in [0.15, 0.2) is 0 Å². The highest BCUT2D eigenvalue weighted by atomic mass is 16.2. The Balaban J connectivity index is 1.55. The molecule has 5 nitrogen and oxygen atoms in total. The third kappa shape index (κ3) is 2.36. The first-order valence-electron chi connectivity index (χ1n) is 8.64. The summed E-state index contributed by atoms with van der Waals surface area (Å²) in [6, 6.07) is 11.6. The standard InChI is InChI=1S/C19H21N3O2/c1-2-20-9-11-21(12-10-20)17(23)13-22-16-8-4-6-14-5-3-7-15(18(14)16)19(22)24/h3-8H,2,9-13H2,1H3/p+1. The van der Waals surface area contributed by atoms with Crippen molar-refractivity contribution in [2.45, 2.75) is 6.92 Å². The molecule has 2 aromatic rings. The van der Waals surface area contributed by atoms with Crippen molar-refractivity contribution in [3.8, 4) is 0 Å². The zero-order valence-electron chi connectivity index (χ0n) is 13.9. The predicted molar refractivity (Wildman–Crippen MR) is 93.4 cm³/mol. The highest BCUT2D eigenvalue weighted by Gasteiger charge is 2.32. The van der Waals surface area contributed by atoms with Crippen molar-refractivity contribution >= 4 is 28.3 Å². The SMILES string of the molecule is CC[NH+]1CCN(C(=O)CN2C(=O)c3cccc4cccc2c34)CC1. The molecule has 0 saturated carbocycles. The Kier molecular flexibility index (Phi) is 3.73. The summed E-state index contributed by atoms with van der Waals surface area (Å²) in [5, 5.41) is 2.02. The van der Waals surface area contributed by atoms with Gasteiger partial charge in [0.25, 0.3) is 5.91 Å². The van der Waals surface area contributed by atoms with Gasteiger partial charge >= 0.3 is 0 Å². The molecule has 2 heterocycles. The van der Waals surface area contributed by atoms with Gasteiger partial charge in [-0.2, -0.15) is 0 Å². The van der Waals surface area contributed by atoms with Gasteiger partial charge in [-0.15, -0.1) is 0 Å². The number of benzene rings is 2. The average molecular weight is 324 g/mol. The topological polar surface area (TPSA) is 45.1 Å². The van der Waals surface area contributed by atoms with Gasteiger partial charge in [0.2, 0.25) is 5.91 Å². The number of nitrogens with one attached hydrogen (secondary N) is 1. The fraction of sp³-hybridized carbons (Fsp3) is 0.368. The summed E-state index contributed by atoms with van der Waals surface area (Å²) in [5.41, 5.74) is 1.57. The fourth-order valence-electron chi connectivity index (χ4n) is 3.80. The maximum Gasteiger partial charge on any atom is 0.259 e. The van der Waals surface area contributed by atoms with Crippen molar-refractivity contribution in [3.63, 3.8) is 0 Å². The van der Waals surface area contributed by atoms with Crippen LogP contribution in [-0.4, -0.2) is 56.0 Å². The quantitative estimate of drug-likeness (QED) is 0.896. The zero-order valence-corrected chi connectivity index (χ0v) is 13.9. The highest BCUT2D eigenvalue weighted by Crippen LogP contribution is 2.36. The van der Waals surface area contributed by atoms with Crippen LogP contribution in [0.25, 0.3) is 10.8 Å². The lowest BCUT2D eigenvalue weighted by molar-refractivity contribution is -0.902. The molecule has 1 N–H and O–H groups in total. The van der Waals surface area contributed by atoms with E-state index < -0.39 is 0 Å². The van der Waals surface area contributed by atoms with E-state index in [2.05, 4.69) is 6.92 Å². The number of hydrogen-bond acceptors (Lipinski definition) is 2. The number of likely N-dealkylation sites (N-methyl/N-ethyl adjacent to an activating group) is 1. The number of rotatable bonds is 3. The zero-order chi connectivity index (χ0) is 16.7. The minimum absolute atomic E-state index is 0.0447. The molecule has 24 heavy (non-hydrogen) atoms. The van der Waals surface area contributed by atoms with E-state index >= 15 is 0 Å². The Hall–Kier alpha value is -2.40. The van der Waals surface area contributed by atoms with E-state index in [1.807, 2.05) is 41.3 Å². The third-order valence-corrected chi connectivity index (χ3v) is 5.27. The first-order valence-corrected chi connectivity index (χ1v) is 8.64. The Morgan fingerprint density at radius 1 is 1.12 bits per heavy atom. The first-order chi connectivity index (χ1) is 11.7. The largest absolute Gasteiger partial charge is 0.332 e. The third-order valence-electron chi connectivity index (χ3n) is 5.27. The van der Waals surface area contributed by atoms with Crippen LogP contribution in [-0.2, 0) is 4.79 Å². The van der Waals surface area contributed by atoms with E-state index in [9.17, 15) is 9.59 Å². The number of nitrogens with zero attached hydrogens (tertiary/aromatic N) is 2. The van der Waals surface area contributed by atoms with Crippen LogP contribution in [0.4, 0.5) is 5.69 Å². The minimum atomic E-state index is -0.0621. The molecule has 2 amide bonds. The Morgan fingerprint density at radius 2 is 1.83 bits per heavy atom. The molecule has 0 spiro atoms. The first kappa shape index (κ1) is 15.1. The van der Waals surface area contributed by atoms with E-state index in [1.165, 1.54) is 4.90 Å². The molecule has 0 atom stereocenters. The van der Waals surface area contributed by atoms with Crippen LogP contribution >= 0.6 is 0 Å². The molecule has 1 fully saturated rings. The van der Waals surface area contributed by atoms with Crippen LogP contribution in [0.5, 0.6) is 0 Å².